The summed E-state index contributed by atoms with van der Waals surface area (Å²) in [7, 11) is 0. The zero-order chi connectivity index (χ0) is 16.1. The van der Waals surface area contributed by atoms with E-state index in [0.717, 1.165) is 19.0 Å². The summed E-state index contributed by atoms with van der Waals surface area (Å²) in [5.41, 5.74) is 5.34. The van der Waals surface area contributed by atoms with E-state index in [9.17, 15) is 4.79 Å². The van der Waals surface area contributed by atoms with E-state index < -0.39 is 5.54 Å². The Morgan fingerprint density at radius 2 is 1.96 bits per heavy atom. The second-order valence-electron chi connectivity index (χ2n) is 8.02. The molecule has 0 bridgehead atoms. The van der Waals surface area contributed by atoms with Crippen LogP contribution in [-0.4, -0.2) is 53.7 Å². The maximum Gasteiger partial charge on any atom is 0.241 e. The van der Waals surface area contributed by atoms with Crippen LogP contribution in [-0.2, 0) is 9.53 Å². The number of rotatable bonds is 5. The van der Waals surface area contributed by atoms with Gasteiger partial charge in [-0.3, -0.25) is 9.69 Å². The third-order valence-corrected chi connectivity index (χ3v) is 6.21. The summed E-state index contributed by atoms with van der Waals surface area (Å²) in [5, 5.41) is 3.22. The van der Waals surface area contributed by atoms with Gasteiger partial charge in [0.2, 0.25) is 5.91 Å². The maximum absolute atomic E-state index is 12.8. The van der Waals surface area contributed by atoms with E-state index in [1.165, 1.54) is 12.8 Å². The second-order valence-corrected chi connectivity index (χ2v) is 8.02. The molecule has 7 heteroatoms. The van der Waals surface area contributed by atoms with Crippen LogP contribution in [0.3, 0.4) is 0 Å². The fraction of sp³-hybridized carbons (Fsp3) is 0.941. The van der Waals surface area contributed by atoms with Gasteiger partial charge < -0.3 is 15.8 Å². The molecule has 0 radical (unpaired) electrons. The molecule has 2 aliphatic carbocycles. The van der Waals surface area contributed by atoms with E-state index in [1.807, 2.05) is 20.8 Å². The van der Waals surface area contributed by atoms with Crippen molar-refractivity contribution in [2.24, 2.45) is 11.1 Å². The molecule has 5 nitrogen and oxygen atoms in total. The smallest absolute Gasteiger partial charge is 0.241 e. The highest BCUT2D eigenvalue weighted by atomic mass is 35.5. The lowest BCUT2D eigenvalue weighted by Crippen LogP contribution is -2.76. The Morgan fingerprint density at radius 3 is 2.46 bits per heavy atom. The summed E-state index contributed by atoms with van der Waals surface area (Å²) in [4.78, 5) is 15.3. The molecule has 1 amide bonds. The number of ether oxygens (including phenoxy) is 1. The van der Waals surface area contributed by atoms with Crippen LogP contribution in [0.4, 0.5) is 0 Å². The lowest BCUT2D eigenvalue weighted by molar-refractivity contribution is -0.171. The molecule has 24 heavy (non-hydrogen) atoms. The number of likely N-dealkylation sites (tertiary alicyclic amines) is 1. The number of hydrogen-bond acceptors (Lipinski definition) is 4. The lowest BCUT2D eigenvalue weighted by Gasteiger charge is -2.57. The molecule has 1 heterocycles. The van der Waals surface area contributed by atoms with Crippen molar-refractivity contribution < 1.29 is 9.53 Å². The normalized spacial score (nSPS) is 37.8. The first-order valence-electron chi connectivity index (χ1n) is 8.76. The first-order valence-corrected chi connectivity index (χ1v) is 8.76. The first-order chi connectivity index (χ1) is 10.3. The predicted octanol–water partition coefficient (Wildman–Crippen LogP) is 2.10. The van der Waals surface area contributed by atoms with Gasteiger partial charge >= 0.3 is 0 Å². The minimum Gasteiger partial charge on any atom is -0.378 e. The number of amides is 1. The summed E-state index contributed by atoms with van der Waals surface area (Å²) in [6.07, 6.45) is 4.37. The van der Waals surface area contributed by atoms with Crippen molar-refractivity contribution in [1.82, 2.24) is 10.2 Å². The number of nitrogens with one attached hydrogen (secondary N) is 1. The molecule has 0 aromatic carbocycles. The van der Waals surface area contributed by atoms with Crippen LogP contribution in [0, 0.1) is 5.41 Å². The minimum absolute atomic E-state index is 0. The van der Waals surface area contributed by atoms with Crippen LogP contribution in [0.1, 0.15) is 53.4 Å². The third kappa shape index (κ3) is 3.56. The fourth-order valence-electron chi connectivity index (χ4n) is 4.21. The Hall–Kier alpha value is -0.0700. The van der Waals surface area contributed by atoms with Crippen LogP contribution >= 0.6 is 24.8 Å². The van der Waals surface area contributed by atoms with Gasteiger partial charge in [-0.1, -0.05) is 13.8 Å². The molecule has 3 aliphatic rings. The van der Waals surface area contributed by atoms with Gasteiger partial charge in [0.05, 0.1) is 6.10 Å². The van der Waals surface area contributed by atoms with E-state index in [0.29, 0.717) is 19.1 Å². The molecule has 1 saturated heterocycles. The molecular weight excluding hydrogens is 349 g/mol. The third-order valence-electron chi connectivity index (χ3n) is 6.21. The highest BCUT2D eigenvalue weighted by Gasteiger charge is 2.63. The first kappa shape index (κ1) is 22.0. The maximum atomic E-state index is 12.8. The average molecular weight is 382 g/mol. The monoisotopic (exact) mass is 381 g/mol. The molecule has 0 aromatic heterocycles. The van der Waals surface area contributed by atoms with Crippen LogP contribution in [0.25, 0.3) is 0 Å². The van der Waals surface area contributed by atoms with Crippen molar-refractivity contribution in [3.8, 4) is 0 Å². The molecule has 3 fully saturated rings. The van der Waals surface area contributed by atoms with E-state index in [4.69, 9.17) is 10.5 Å². The largest absolute Gasteiger partial charge is 0.378 e. The van der Waals surface area contributed by atoms with Gasteiger partial charge in [-0.25, -0.2) is 0 Å². The average Bonchev–Trinajstić information content (AvgIpc) is 3.22. The predicted molar refractivity (Wildman–Crippen MR) is 101 cm³/mol. The van der Waals surface area contributed by atoms with Gasteiger partial charge in [0, 0.05) is 43.1 Å². The molecule has 2 saturated carbocycles. The Labute approximate surface area is 158 Å². The molecule has 4 atom stereocenters. The standard InChI is InChI=1S/C17H31N3O2.2ClH/c1-5-22-14-9-17(18,16(14,3)4)15(21)19-12-8-11(2)20(10-12)13-6-7-13;;/h11-14H,5-10,18H2,1-4H3,(H,19,21);2*1H. The van der Waals surface area contributed by atoms with Crippen LogP contribution < -0.4 is 11.1 Å². The topological polar surface area (TPSA) is 67.6 Å². The van der Waals surface area contributed by atoms with Crippen LogP contribution in [0.2, 0.25) is 0 Å². The van der Waals surface area contributed by atoms with Crippen LogP contribution in [0.15, 0.2) is 0 Å². The highest BCUT2D eigenvalue weighted by molar-refractivity contribution is 5.89. The van der Waals surface area contributed by atoms with E-state index in [2.05, 4.69) is 17.1 Å². The molecule has 3 N–H and O–H groups in total. The van der Waals surface area contributed by atoms with Gasteiger partial charge in [0.25, 0.3) is 0 Å². The number of nitrogens with zero attached hydrogens (tertiary/aromatic N) is 1. The molecule has 3 rings (SSSR count). The number of hydrogen-bond donors (Lipinski definition) is 2. The summed E-state index contributed by atoms with van der Waals surface area (Å²) < 4.78 is 5.71. The van der Waals surface area contributed by atoms with E-state index >= 15 is 0 Å². The Bertz CT molecular complexity index is 459. The van der Waals surface area contributed by atoms with Crippen molar-refractivity contribution >= 4 is 30.7 Å². The Balaban J connectivity index is 0.00000144. The molecule has 0 aromatic rings. The number of carbonyl (C=O) groups excluding carboxylic acids is 1. The molecule has 0 spiro atoms. The van der Waals surface area contributed by atoms with Gasteiger partial charge in [-0.2, -0.15) is 0 Å². The number of nitrogens with two attached hydrogens (primary N) is 1. The van der Waals surface area contributed by atoms with E-state index in [-0.39, 0.29) is 48.3 Å². The van der Waals surface area contributed by atoms with Crippen molar-refractivity contribution in [3.63, 3.8) is 0 Å². The second kappa shape index (κ2) is 7.67. The lowest BCUT2D eigenvalue weighted by atomic mass is 9.54. The van der Waals surface area contributed by atoms with Gasteiger partial charge in [-0.15, -0.1) is 24.8 Å². The van der Waals surface area contributed by atoms with Crippen molar-refractivity contribution in [2.45, 2.75) is 83.1 Å². The Morgan fingerprint density at radius 1 is 1.33 bits per heavy atom. The summed E-state index contributed by atoms with van der Waals surface area (Å²) in [6.45, 7) is 9.99. The zero-order valence-corrected chi connectivity index (χ0v) is 16.8. The summed E-state index contributed by atoms with van der Waals surface area (Å²) in [5.74, 6) is 0.00306. The zero-order valence-electron chi connectivity index (χ0n) is 15.2. The number of halogens is 2. The minimum atomic E-state index is -0.803. The highest BCUT2D eigenvalue weighted by Crippen LogP contribution is 2.50. The SMILES string of the molecule is CCOC1CC(N)(C(=O)NC2CC(C)N(C3CC3)C2)C1(C)C.Cl.Cl. The van der Waals surface area contributed by atoms with E-state index in [1.54, 1.807) is 0 Å². The molecule has 142 valence electrons. The molecule has 1 aliphatic heterocycles. The van der Waals surface area contributed by atoms with Crippen molar-refractivity contribution in [1.29, 1.82) is 0 Å². The van der Waals surface area contributed by atoms with Crippen molar-refractivity contribution in [3.05, 3.63) is 0 Å². The van der Waals surface area contributed by atoms with Gasteiger partial charge in [-0.05, 0) is 33.1 Å². The fourth-order valence-corrected chi connectivity index (χ4v) is 4.21. The van der Waals surface area contributed by atoms with Crippen LogP contribution in [0.5, 0.6) is 0 Å². The molecular formula is C17H33Cl2N3O2. The summed E-state index contributed by atoms with van der Waals surface area (Å²) in [6, 6.07) is 1.56. The number of carbonyl (C=O) groups is 1. The quantitative estimate of drug-likeness (QED) is 0.764. The Kier molecular flexibility index (Phi) is 7.02. The van der Waals surface area contributed by atoms with Gasteiger partial charge in [0.15, 0.2) is 0 Å². The summed E-state index contributed by atoms with van der Waals surface area (Å²) >= 11 is 0. The molecule has 4 unspecified atom stereocenters. The van der Waals surface area contributed by atoms with Crippen molar-refractivity contribution in [2.75, 3.05) is 13.2 Å². The van der Waals surface area contributed by atoms with Gasteiger partial charge in [0.1, 0.15) is 5.54 Å².